The zero-order valence-electron chi connectivity index (χ0n) is 8.52. The van der Waals surface area contributed by atoms with Gasteiger partial charge < -0.3 is 14.6 Å². The Bertz CT molecular complexity index is 344. The van der Waals surface area contributed by atoms with Crippen LogP contribution in [0.2, 0.25) is 0 Å². The van der Waals surface area contributed by atoms with Crippen molar-refractivity contribution in [2.75, 3.05) is 19.7 Å². The van der Waals surface area contributed by atoms with Crippen molar-refractivity contribution < 1.29 is 14.1 Å². The molecule has 2 rings (SSSR count). The zero-order valence-corrected chi connectivity index (χ0v) is 8.52. The molecule has 15 heavy (non-hydrogen) atoms. The number of aromatic nitrogens is 2. The molecule has 1 atom stereocenters. The van der Waals surface area contributed by atoms with Gasteiger partial charge in [0.25, 0.3) is 0 Å². The van der Waals surface area contributed by atoms with E-state index in [1.165, 1.54) is 0 Å². The number of nitrogens with one attached hydrogen (secondary N) is 1. The highest BCUT2D eigenvalue weighted by molar-refractivity contribution is 5.83. The summed E-state index contributed by atoms with van der Waals surface area (Å²) in [6.45, 7) is 3.83. The Morgan fingerprint density at radius 1 is 1.73 bits per heavy atom. The van der Waals surface area contributed by atoms with Crippen LogP contribution in [0.3, 0.4) is 0 Å². The molecule has 0 aliphatic carbocycles. The van der Waals surface area contributed by atoms with Crippen LogP contribution in [0.5, 0.6) is 0 Å². The molecular weight excluding hydrogens is 198 g/mol. The molecule has 0 bridgehead atoms. The monoisotopic (exact) mass is 211 g/mol. The lowest BCUT2D eigenvalue weighted by Crippen LogP contribution is -2.09. The van der Waals surface area contributed by atoms with Gasteiger partial charge in [-0.05, 0) is 19.9 Å². The van der Waals surface area contributed by atoms with Crippen LogP contribution >= 0.6 is 0 Å². The molecule has 6 nitrogen and oxygen atoms in total. The predicted molar refractivity (Wildman–Crippen MR) is 50.5 cm³/mol. The van der Waals surface area contributed by atoms with E-state index >= 15 is 0 Å². The number of hydrogen-bond donors (Lipinski definition) is 1. The van der Waals surface area contributed by atoms with Gasteiger partial charge in [0, 0.05) is 12.5 Å². The van der Waals surface area contributed by atoms with Crippen molar-refractivity contribution in [3.8, 4) is 0 Å². The molecule has 1 unspecified atom stereocenters. The average molecular weight is 211 g/mol. The van der Waals surface area contributed by atoms with Gasteiger partial charge in [0.1, 0.15) is 0 Å². The molecular formula is C9H13N3O3. The molecule has 1 aromatic heterocycles. The summed E-state index contributed by atoms with van der Waals surface area (Å²) in [6.07, 6.45) is 0.974. The second-order valence-corrected chi connectivity index (χ2v) is 3.37. The van der Waals surface area contributed by atoms with Crippen molar-refractivity contribution in [3.63, 3.8) is 0 Å². The fourth-order valence-electron chi connectivity index (χ4n) is 1.55. The van der Waals surface area contributed by atoms with Gasteiger partial charge in [-0.3, -0.25) is 0 Å². The Morgan fingerprint density at radius 2 is 2.60 bits per heavy atom. The number of carbonyl (C=O) groups is 1. The Balaban J connectivity index is 2.06. The first kappa shape index (κ1) is 10.1. The minimum Gasteiger partial charge on any atom is -0.459 e. The largest absolute Gasteiger partial charge is 0.459 e. The molecule has 0 spiro atoms. The van der Waals surface area contributed by atoms with Gasteiger partial charge in [-0.25, -0.2) is 4.79 Å². The second kappa shape index (κ2) is 4.39. The van der Waals surface area contributed by atoms with E-state index in [9.17, 15) is 4.79 Å². The Hall–Kier alpha value is -1.43. The van der Waals surface area contributed by atoms with Crippen molar-refractivity contribution in [2.45, 2.75) is 19.3 Å². The second-order valence-electron chi connectivity index (χ2n) is 3.37. The van der Waals surface area contributed by atoms with Crippen molar-refractivity contribution in [2.24, 2.45) is 0 Å². The van der Waals surface area contributed by atoms with Crippen LogP contribution in [0.15, 0.2) is 4.52 Å². The zero-order chi connectivity index (χ0) is 10.7. The number of esters is 1. The van der Waals surface area contributed by atoms with Crippen LogP contribution in [0.4, 0.5) is 0 Å². The lowest BCUT2D eigenvalue weighted by atomic mass is 10.1. The highest BCUT2D eigenvalue weighted by Gasteiger charge is 2.24. The van der Waals surface area contributed by atoms with Crippen molar-refractivity contribution in [1.29, 1.82) is 0 Å². The van der Waals surface area contributed by atoms with Gasteiger partial charge in [0.15, 0.2) is 5.82 Å². The molecule has 0 saturated carbocycles. The first-order valence-corrected chi connectivity index (χ1v) is 5.02. The molecule has 2 heterocycles. The number of nitrogens with zero attached hydrogens (tertiary/aromatic N) is 2. The summed E-state index contributed by atoms with van der Waals surface area (Å²) >= 11 is 0. The third kappa shape index (κ3) is 2.15. The van der Waals surface area contributed by atoms with Crippen LogP contribution in [0, 0.1) is 0 Å². The van der Waals surface area contributed by atoms with Crippen LogP contribution in [-0.4, -0.2) is 35.8 Å². The summed E-state index contributed by atoms with van der Waals surface area (Å²) in [5, 5.41) is 6.97. The maximum Gasteiger partial charge on any atom is 0.397 e. The van der Waals surface area contributed by atoms with Crippen LogP contribution in [0.1, 0.15) is 35.8 Å². The van der Waals surface area contributed by atoms with E-state index in [0.29, 0.717) is 12.4 Å². The molecule has 82 valence electrons. The summed E-state index contributed by atoms with van der Waals surface area (Å²) in [4.78, 5) is 15.3. The maximum absolute atomic E-state index is 11.2. The molecule has 6 heteroatoms. The van der Waals surface area contributed by atoms with Gasteiger partial charge in [0.2, 0.25) is 0 Å². The van der Waals surface area contributed by atoms with Crippen LogP contribution in [-0.2, 0) is 4.74 Å². The number of rotatable bonds is 3. The SMILES string of the molecule is CCOC(=O)c1nc(C2CCNC2)no1. The quantitative estimate of drug-likeness (QED) is 0.726. The molecule has 0 radical (unpaired) electrons. The highest BCUT2D eigenvalue weighted by Crippen LogP contribution is 2.19. The standard InChI is InChI=1S/C9H13N3O3/c1-2-14-9(13)8-11-7(12-15-8)6-3-4-10-5-6/h6,10H,2-5H2,1H3. The topological polar surface area (TPSA) is 77.2 Å². The van der Waals surface area contributed by atoms with Crippen LogP contribution in [0.25, 0.3) is 0 Å². The van der Waals surface area contributed by atoms with E-state index in [0.717, 1.165) is 19.5 Å². The number of hydrogen-bond acceptors (Lipinski definition) is 6. The minimum absolute atomic E-state index is 0.0567. The average Bonchev–Trinajstić information content (AvgIpc) is 2.89. The van der Waals surface area contributed by atoms with Gasteiger partial charge in [0.05, 0.1) is 6.61 Å². The molecule has 1 aromatic rings. The lowest BCUT2D eigenvalue weighted by molar-refractivity contribution is 0.0470. The van der Waals surface area contributed by atoms with Crippen molar-refractivity contribution in [1.82, 2.24) is 15.5 Å². The van der Waals surface area contributed by atoms with E-state index in [1.807, 2.05) is 0 Å². The smallest absolute Gasteiger partial charge is 0.397 e. The molecule has 1 fully saturated rings. The summed E-state index contributed by atoms with van der Waals surface area (Å²) in [6, 6.07) is 0. The highest BCUT2D eigenvalue weighted by atomic mass is 16.6. The van der Waals surface area contributed by atoms with E-state index in [1.54, 1.807) is 6.92 Å². The molecule has 1 N–H and O–H groups in total. The van der Waals surface area contributed by atoms with Gasteiger partial charge in [-0.1, -0.05) is 5.16 Å². The third-order valence-corrected chi connectivity index (χ3v) is 2.32. The molecule has 1 aliphatic heterocycles. The summed E-state index contributed by atoms with van der Waals surface area (Å²) in [5.74, 6) is 0.223. The summed E-state index contributed by atoms with van der Waals surface area (Å²) in [5.41, 5.74) is 0. The Labute approximate surface area is 87.0 Å². The van der Waals surface area contributed by atoms with Crippen LogP contribution < -0.4 is 5.32 Å². The lowest BCUT2D eigenvalue weighted by Gasteiger charge is -1.98. The van der Waals surface area contributed by atoms with Crippen molar-refractivity contribution in [3.05, 3.63) is 11.7 Å². The third-order valence-electron chi connectivity index (χ3n) is 2.32. The predicted octanol–water partition coefficient (Wildman–Crippen LogP) is 0.323. The van der Waals surface area contributed by atoms with E-state index in [4.69, 9.17) is 9.26 Å². The molecule has 0 aromatic carbocycles. The van der Waals surface area contributed by atoms with Gasteiger partial charge >= 0.3 is 11.9 Å². The first-order valence-electron chi connectivity index (χ1n) is 5.02. The number of carbonyl (C=O) groups excluding carboxylic acids is 1. The minimum atomic E-state index is -0.554. The Morgan fingerprint density at radius 3 is 3.27 bits per heavy atom. The fourth-order valence-corrected chi connectivity index (χ4v) is 1.55. The van der Waals surface area contributed by atoms with Gasteiger partial charge in [-0.15, -0.1) is 0 Å². The summed E-state index contributed by atoms with van der Waals surface area (Å²) in [7, 11) is 0. The van der Waals surface area contributed by atoms with Gasteiger partial charge in [-0.2, -0.15) is 4.98 Å². The Kier molecular flexibility index (Phi) is 2.96. The fraction of sp³-hybridized carbons (Fsp3) is 0.667. The normalized spacial score (nSPS) is 20.5. The van der Waals surface area contributed by atoms with E-state index in [-0.39, 0.29) is 11.8 Å². The molecule has 0 amide bonds. The maximum atomic E-state index is 11.2. The molecule has 1 aliphatic rings. The van der Waals surface area contributed by atoms with E-state index < -0.39 is 5.97 Å². The summed E-state index contributed by atoms with van der Waals surface area (Å²) < 4.78 is 9.58. The number of ether oxygens (including phenoxy) is 1. The van der Waals surface area contributed by atoms with E-state index in [2.05, 4.69) is 15.5 Å². The first-order chi connectivity index (χ1) is 7.31. The molecule has 1 saturated heterocycles. The van der Waals surface area contributed by atoms with Crippen molar-refractivity contribution >= 4 is 5.97 Å².